The second kappa shape index (κ2) is 5.46. The van der Waals surface area contributed by atoms with Gasteiger partial charge in [-0.05, 0) is 30.0 Å². The van der Waals surface area contributed by atoms with Crippen LogP contribution < -0.4 is 4.72 Å². The number of benzene rings is 1. The average Bonchev–Trinajstić information content (AvgIpc) is 2.28. The van der Waals surface area contributed by atoms with Crippen molar-refractivity contribution in [1.29, 1.82) is 0 Å². The average molecular weight is 241 g/mol. The summed E-state index contributed by atoms with van der Waals surface area (Å²) in [6.45, 7) is 6.19. The lowest BCUT2D eigenvalue weighted by atomic mass is 10.1. The summed E-state index contributed by atoms with van der Waals surface area (Å²) >= 11 is 0. The summed E-state index contributed by atoms with van der Waals surface area (Å²) in [6.07, 6.45) is 1.57. The maximum absolute atomic E-state index is 12.0. The summed E-state index contributed by atoms with van der Waals surface area (Å²) in [7, 11) is -3.34. The fraction of sp³-hybridized carbons (Fsp3) is 0.500. The Morgan fingerprint density at radius 2 is 1.81 bits per heavy atom. The van der Waals surface area contributed by atoms with Gasteiger partial charge in [0.05, 0.1) is 4.90 Å². The van der Waals surface area contributed by atoms with E-state index in [1.54, 1.807) is 13.0 Å². The highest BCUT2D eigenvalue weighted by Gasteiger charge is 2.16. The van der Waals surface area contributed by atoms with Gasteiger partial charge in [0, 0.05) is 6.54 Å². The summed E-state index contributed by atoms with van der Waals surface area (Å²) in [5.41, 5.74) is 1.92. The van der Waals surface area contributed by atoms with E-state index in [2.05, 4.69) is 4.72 Å². The molecule has 0 aromatic heterocycles. The van der Waals surface area contributed by atoms with Gasteiger partial charge in [0.25, 0.3) is 0 Å². The van der Waals surface area contributed by atoms with E-state index in [0.29, 0.717) is 11.4 Å². The predicted molar refractivity (Wildman–Crippen MR) is 66.1 cm³/mol. The number of nitrogens with one attached hydrogen (secondary N) is 1. The molecule has 1 rings (SSSR count). The van der Waals surface area contributed by atoms with Gasteiger partial charge >= 0.3 is 0 Å². The summed E-state index contributed by atoms with van der Waals surface area (Å²) in [4.78, 5) is 0.427. The highest BCUT2D eigenvalue weighted by Crippen LogP contribution is 2.18. The Bertz CT molecular complexity index is 452. The minimum atomic E-state index is -3.34. The second-order valence-electron chi connectivity index (χ2n) is 3.65. The standard InChI is InChI=1S/C12H19NO2S/c1-4-10-7-8-11(5-2)12(9-10)16(14,15)13-6-3/h7-9,13H,4-6H2,1-3H3. The zero-order valence-electron chi connectivity index (χ0n) is 10.1. The number of hydrogen-bond donors (Lipinski definition) is 1. The van der Waals surface area contributed by atoms with Gasteiger partial charge in [-0.25, -0.2) is 13.1 Å². The minimum Gasteiger partial charge on any atom is -0.211 e. The SMILES string of the molecule is CCNS(=O)(=O)c1cc(CC)ccc1CC. The molecule has 0 heterocycles. The molecule has 16 heavy (non-hydrogen) atoms. The van der Waals surface area contributed by atoms with Gasteiger partial charge < -0.3 is 0 Å². The van der Waals surface area contributed by atoms with Gasteiger partial charge in [-0.15, -0.1) is 0 Å². The third-order valence-corrected chi connectivity index (χ3v) is 4.17. The van der Waals surface area contributed by atoms with Crippen LogP contribution in [-0.4, -0.2) is 15.0 Å². The third-order valence-electron chi connectivity index (χ3n) is 2.54. The number of sulfonamides is 1. The largest absolute Gasteiger partial charge is 0.240 e. The zero-order valence-corrected chi connectivity index (χ0v) is 10.9. The number of aryl methyl sites for hydroxylation is 2. The monoisotopic (exact) mass is 241 g/mol. The smallest absolute Gasteiger partial charge is 0.211 e. The normalized spacial score (nSPS) is 11.7. The Morgan fingerprint density at radius 3 is 2.31 bits per heavy atom. The Morgan fingerprint density at radius 1 is 1.12 bits per heavy atom. The summed E-state index contributed by atoms with van der Waals surface area (Å²) in [5.74, 6) is 0. The van der Waals surface area contributed by atoms with Gasteiger partial charge in [-0.2, -0.15) is 0 Å². The Balaban J connectivity index is 3.29. The van der Waals surface area contributed by atoms with Crippen LogP contribution in [0.25, 0.3) is 0 Å². The van der Waals surface area contributed by atoms with E-state index in [-0.39, 0.29) is 0 Å². The molecule has 90 valence electrons. The van der Waals surface area contributed by atoms with Crippen LogP contribution in [0.3, 0.4) is 0 Å². The van der Waals surface area contributed by atoms with E-state index < -0.39 is 10.0 Å². The molecule has 0 atom stereocenters. The molecule has 0 aliphatic carbocycles. The van der Waals surface area contributed by atoms with E-state index >= 15 is 0 Å². The molecule has 0 radical (unpaired) electrons. The van der Waals surface area contributed by atoms with Crippen molar-refractivity contribution in [2.45, 2.75) is 38.5 Å². The van der Waals surface area contributed by atoms with Crippen LogP contribution >= 0.6 is 0 Å². The Hall–Kier alpha value is -0.870. The van der Waals surface area contributed by atoms with Crippen LogP contribution in [0.2, 0.25) is 0 Å². The molecule has 0 unspecified atom stereocenters. The minimum absolute atomic E-state index is 0.418. The van der Waals surface area contributed by atoms with Gasteiger partial charge in [0.2, 0.25) is 10.0 Å². The van der Waals surface area contributed by atoms with Gasteiger partial charge in [0.1, 0.15) is 0 Å². The second-order valence-corrected chi connectivity index (χ2v) is 5.39. The first kappa shape index (κ1) is 13.2. The van der Waals surface area contributed by atoms with Crippen molar-refractivity contribution < 1.29 is 8.42 Å². The highest BCUT2D eigenvalue weighted by atomic mass is 32.2. The number of rotatable bonds is 5. The lowest BCUT2D eigenvalue weighted by Gasteiger charge is -2.10. The molecule has 0 amide bonds. The van der Waals surface area contributed by atoms with Crippen molar-refractivity contribution in [2.24, 2.45) is 0 Å². The fourth-order valence-electron chi connectivity index (χ4n) is 1.63. The lowest BCUT2D eigenvalue weighted by molar-refractivity contribution is 0.582. The molecule has 1 N–H and O–H groups in total. The van der Waals surface area contributed by atoms with E-state index in [9.17, 15) is 8.42 Å². The van der Waals surface area contributed by atoms with Gasteiger partial charge in [-0.1, -0.05) is 32.9 Å². The molecule has 4 heteroatoms. The van der Waals surface area contributed by atoms with E-state index in [4.69, 9.17) is 0 Å². The molecule has 0 saturated heterocycles. The number of hydrogen-bond acceptors (Lipinski definition) is 2. The fourth-order valence-corrected chi connectivity index (χ4v) is 3.03. The van der Waals surface area contributed by atoms with Crippen molar-refractivity contribution in [3.63, 3.8) is 0 Å². The summed E-state index contributed by atoms with van der Waals surface area (Å²) in [6, 6.07) is 5.67. The first-order valence-corrected chi connectivity index (χ1v) is 7.14. The molecule has 0 aliphatic heterocycles. The van der Waals surface area contributed by atoms with Crippen LogP contribution in [0, 0.1) is 0 Å². The quantitative estimate of drug-likeness (QED) is 0.858. The first-order valence-electron chi connectivity index (χ1n) is 5.66. The van der Waals surface area contributed by atoms with Crippen LogP contribution in [-0.2, 0) is 22.9 Å². The van der Waals surface area contributed by atoms with Crippen LogP contribution in [0.1, 0.15) is 31.9 Å². The summed E-state index contributed by atoms with van der Waals surface area (Å²) < 4.78 is 26.5. The molecular formula is C12H19NO2S. The molecule has 0 spiro atoms. The molecule has 0 fully saturated rings. The lowest BCUT2D eigenvalue weighted by Crippen LogP contribution is -2.24. The van der Waals surface area contributed by atoms with Gasteiger partial charge in [-0.3, -0.25) is 0 Å². The zero-order chi connectivity index (χ0) is 12.2. The first-order chi connectivity index (χ1) is 7.55. The molecular weight excluding hydrogens is 222 g/mol. The molecule has 0 aliphatic rings. The van der Waals surface area contributed by atoms with Crippen LogP contribution in [0.15, 0.2) is 23.1 Å². The van der Waals surface area contributed by atoms with E-state index in [1.165, 1.54) is 0 Å². The molecule has 1 aromatic carbocycles. The van der Waals surface area contributed by atoms with Crippen molar-refractivity contribution in [3.8, 4) is 0 Å². The molecule has 0 saturated carbocycles. The molecule has 3 nitrogen and oxygen atoms in total. The molecule has 0 bridgehead atoms. The Labute approximate surface area is 97.9 Å². The van der Waals surface area contributed by atoms with Crippen LogP contribution in [0.4, 0.5) is 0 Å². The topological polar surface area (TPSA) is 46.2 Å². The molecule has 1 aromatic rings. The maximum Gasteiger partial charge on any atom is 0.240 e. The van der Waals surface area contributed by atoms with Gasteiger partial charge in [0.15, 0.2) is 0 Å². The summed E-state index contributed by atoms with van der Waals surface area (Å²) in [5, 5.41) is 0. The van der Waals surface area contributed by atoms with Crippen molar-refractivity contribution in [3.05, 3.63) is 29.3 Å². The predicted octanol–water partition coefficient (Wildman–Crippen LogP) is 2.11. The van der Waals surface area contributed by atoms with Crippen molar-refractivity contribution >= 4 is 10.0 Å². The third kappa shape index (κ3) is 2.83. The van der Waals surface area contributed by atoms with Crippen molar-refractivity contribution in [1.82, 2.24) is 4.72 Å². The van der Waals surface area contributed by atoms with Crippen molar-refractivity contribution in [2.75, 3.05) is 6.54 Å². The maximum atomic E-state index is 12.0. The van der Waals surface area contributed by atoms with Crippen LogP contribution in [0.5, 0.6) is 0 Å². The van der Waals surface area contributed by atoms with E-state index in [1.807, 2.05) is 26.0 Å². The highest BCUT2D eigenvalue weighted by molar-refractivity contribution is 7.89. The Kier molecular flexibility index (Phi) is 4.50. The van der Waals surface area contributed by atoms with E-state index in [0.717, 1.165) is 24.0 Å².